The molecule has 0 aromatic heterocycles. The zero-order valence-corrected chi connectivity index (χ0v) is 13.6. The molecule has 1 fully saturated rings. The summed E-state index contributed by atoms with van der Waals surface area (Å²) in [6.45, 7) is 7.15. The van der Waals surface area contributed by atoms with E-state index in [2.05, 4.69) is 43.0 Å². The number of fused-ring (bicyclic) bond motifs is 1. The van der Waals surface area contributed by atoms with Crippen molar-refractivity contribution < 1.29 is 0 Å². The fourth-order valence-electron chi connectivity index (χ4n) is 4.20. The van der Waals surface area contributed by atoms with Crippen LogP contribution in [0.5, 0.6) is 0 Å². The lowest BCUT2D eigenvalue weighted by Gasteiger charge is -2.42. The predicted molar refractivity (Wildman–Crippen MR) is 90.7 cm³/mol. The van der Waals surface area contributed by atoms with Crippen molar-refractivity contribution in [2.24, 2.45) is 17.1 Å². The molecule has 2 N–H and O–H groups in total. The molecule has 1 aliphatic carbocycles. The van der Waals surface area contributed by atoms with E-state index >= 15 is 0 Å². The Balaban J connectivity index is 1.77. The second-order valence-corrected chi connectivity index (χ2v) is 7.86. The number of anilines is 1. The Labute approximate surface area is 129 Å². The standard InChI is InChI=1S/C19H30N2/c1-19(2)11-10-17(20)16(13-19)14-21-12-6-5-8-15-7-3-4-9-18(15)21/h3-4,7,9,16-17H,5-6,8,10-14,20H2,1-2H3. The summed E-state index contributed by atoms with van der Waals surface area (Å²) in [6.07, 6.45) is 7.59. The van der Waals surface area contributed by atoms with Gasteiger partial charge < -0.3 is 10.6 Å². The van der Waals surface area contributed by atoms with Gasteiger partial charge in [0.1, 0.15) is 0 Å². The molecule has 1 aromatic carbocycles. The summed E-state index contributed by atoms with van der Waals surface area (Å²) in [5, 5.41) is 0. The number of hydrogen-bond donors (Lipinski definition) is 1. The number of rotatable bonds is 2. The third-order valence-corrected chi connectivity index (χ3v) is 5.49. The molecule has 1 heterocycles. The first kappa shape index (κ1) is 14.9. The van der Waals surface area contributed by atoms with Gasteiger partial charge in [-0.3, -0.25) is 0 Å². The highest BCUT2D eigenvalue weighted by Gasteiger charge is 2.34. The van der Waals surface area contributed by atoms with Crippen LogP contribution < -0.4 is 10.6 Å². The van der Waals surface area contributed by atoms with Crippen LogP contribution >= 0.6 is 0 Å². The molecule has 2 aliphatic rings. The second kappa shape index (κ2) is 6.00. The third-order valence-electron chi connectivity index (χ3n) is 5.49. The predicted octanol–water partition coefficient (Wildman–Crippen LogP) is 3.98. The lowest BCUT2D eigenvalue weighted by molar-refractivity contribution is 0.160. The van der Waals surface area contributed by atoms with Gasteiger partial charge in [0, 0.05) is 24.8 Å². The van der Waals surface area contributed by atoms with Gasteiger partial charge in [0.05, 0.1) is 0 Å². The Bertz CT molecular complexity index is 480. The molecule has 0 saturated heterocycles. The first-order valence-corrected chi connectivity index (χ1v) is 8.64. The number of nitrogens with zero attached hydrogens (tertiary/aromatic N) is 1. The molecule has 1 saturated carbocycles. The van der Waals surface area contributed by atoms with Crippen LogP contribution in [-0.2, 0) is 6.42 Å². The van der Waals surface area contributed by atoms with Gasteiger partial charge in [0.15, 0.2) is 0 Å². The molecule has 116 valence electrons. The van der Waals surface area contributed by atoms with Crippen molar-refractivity contribution in [1.29, 1.82) is 0 Å². The Morgan fingerprint density at radius 2 is 2.05 bits per heavy atom. The van der Waals surface area contributed by atoms with Crippen LogP contribution in [0, 0.1) is 11.3 Å². The SMILES string of the molecule is CC1(C)CCC(N)C(CN2CCCCc3ccccc32)C1. The maximum absolute atomic E-state index is 6.45. The molecule has 2 nitrogen and oxygen atoms in total. The van der Waals surface area contributed by atoms with Crippen LogP contribution in [0.3, 0.4) is 0 Å². The molecular weight excluding hydrogens is 256 g/mol. The first-order valence-electron chi connectivity index (χ1n) is 8.64. The van der Waals surface area contributed by atoms with Crippen LogP contribution in [0.4, 0.5) is 5.69 Å². The summed E-state index contributed by atoms with van der Waals surface area (Å²) in [5.41, 5.74) is 9.90. The van der Waals surface area contributed by atoms with Crippen molar-refractivity contribution in [1.82, 2.24) is 0 Å². The van der Waals surface area contributed by atoms with Gasteiger partial charge in [-0.2, -0.15) is 0 Å². The van der Waals surface area contributed by atoms with Gasteiger partial charge in [-0.1, -0.05) is 32.0 Å². The molecule has 0 spiro atoms. The smallest absolute Gasteiger partial charge is 0.0398 e. The average Bonchev–Trinajstić information content (AvgIpc) is 2.66. The highest BCUT2D eigenvalue weighted by Crippen LogP contribution is 2.39. The van der Waals surface area contributed by atoms with Gasteiger partial charge in [0.25, 0.3) is 0 Å². The average molecular weight is 286 g/mol. The lowest BCUT2D eigenvalue weighted by atomic mass is 9.70. The number of aryl methyl sites for hydroxylation is 1. The van der Waals surface area contributed by atoms with Crippen LogP contribution in [0.1, 0.15) is 51.5 Å². The zero-order valence-electron chi connectivity index (χ0n) is 13.6. The summed E-state index contributed by atoms with van der Waals surface area (Å²) < 4.78 is 0. The molecular formula is C19H30N2. The molecule has 0 bridgehead atoms. The third kappa shape index (κ3) is 3.42. The summed E-state index contributed by atoms with van der Waals surface area (Å²) in [5.74, 6) is 0.639. The van der Waals surface area contributed by atoms with E-state index in [1.807, 2.05) is 0 Å². The topological polar surface area (TPSA) is 29.3 Å². The van der Waals surface area contributed by atoms with Gasteiger partial charge in [-0.25, -0.2) is 0 Å². The first-order chi connectivity index (χ1) is 10.1. The van der Waals surface area contributed by atoms with Crippen molar-refractivity contribution >= 4 is 5.69 Å². The quantitative estimate of drug-likeness (QED) is 0.891. The van der Waals surface area contributed by atoms with Crippen LogP contribution in [0.2, 0.25) is 0 Å². The number of nitrogens with two attached hydrogens (primary N) is 1. The Hall–Kier alpha value is -1.02. The minimum atomic E-state index is 0.383. The highest BCUT2D eigenvalue weighted by molar-refractivity contribution is 5.54. The van der Waals surface area contributed by atoms with Crippen LogP contribution in [0.15, 0.2) is 24.3 Å². The van der Waals surface area contributed by atoms with Crippen molar-refractivity contribution in [2.75, 3.05) is 18.0 Å². The van der Waals surface area contributed by atoms with Crippen molar-refractivity contribution in [3.63, 3.8) is 0 Å². The van der Waals surface area contributed by atoms with E-state index in [1.165, 1.54) is 56.3 Å². The summed E-state index contributed by atoms with van der Waals surface area (Å²) in [4.78, 5) is 2.62. The highest BCUT2D eigenvalue weighted by atomic mass is 15.1. The van der Waals surface area contributed by atoms with E-state index in [-0.39, 0.29) is 0 Å². The van der Waals surface area contributed by atoms with E-state index in [0.717, 1.165) is 6.54 Å². The van der Waals surface area contributed by atoms with E-state index in [1.54, 1.807) is 0 Å². The van der Waals surface area contributed by atoms with Crippen molar-refractivity contribution in [3.8, 4) is 0 Å². The number of benzene rings is 1. The number of para-hydroxylation sites is 1. The normalized spacial score (nSPS) is 28.8. The lowest BCUT2D eigenvalue weighted by Crippen LogP contribution is -2.45. The monoisotopic (exact) mass is 286 g/mol. The van der Waals surface area contributed by atoms with Gasteiger partial charge in [0.2, 0.25) is 0 Å². The van der Waals surface area contributed by atoms with E-state index in [9.17, 15) is 0 Å². The molecule has 2 heteroatoms. The number of hydrogen-bond acceptors (Lipinski definition) is 2. The van der Waals surface area contributed by atoms with Gasteiger partial charge >= 0.3 is 0 Å². The van der Waals surface area contributed by atoms with Gasteiger partial charge in [-0.05, 0) is 61.5 Å². The van der Waals surface area contributed by atoms with Crippen molar-refractivity contribution in [3.05, 3.63) is 29.8 Å². The van der Waals surface area contributed by atoms with E-state index < -0.39 is 0 Å². The fraction of sp³-hybridized carbons (Fsp3) is 0.684. The maximum Gasteiger partial charge on any atom is 0.0398 e. The summed E-state index contributed by atoms with van der Waals surface area (Å²) in [7, 11) is 0. The zero-order chi connectivity index (χ0) is 14.9. The van der Waals surface area contributed by atoms with Crippen molar-refractivity contribution in [2.45, 2.75) is 58.4 Å². The Morgan fingerprint density at radius 3 is 2.90 bits per heavy atom. The molecule has 1 aliphatic heterocycles. The summed E-state index contributed by atoms with van der Waals surface area (Å²) in [6, 6.07) is 9.35. The molecule has 0 radical (unpaired) electrons. The van der Waals surface area contributed by atoms with Gasteiger partial charge in [-0.15, -0.1) is 0 Å². The van der Waals surface area contributed by atoms with Crippen LogP contribution in [0.25, 0.3) is 0 Å². The minimum absolute atomic E-state index is 0.383. The van der Waals surface area contributed by atoms with Crippen LogP contribution in [-0.4, -0.2) is 19.1 Å². The molecule has 3 rings (SSSR count). The molecule has 0 amide bonds. The largest absolute Gasteiger partial charge is 0.371 e. The molecule has 1 aromatic rings. The maximum atomic E-state index is 6.45. The Kier molecular flexibility index (Phi) is 4.26. The fourth-order valence-corrected chi connectivity index (χ4v) is 4.20. The summed E-state index contributed by atoms with van der Waals surface area (Å²) >= 11 is 0. The minimum Gasteiger partial charge on any atom is -0.371 e. The molecule has 21 heavy (non-hydrogen) atoms. The van der Waals surface area contributed by atoms with E-state index in [0.29, 0.717) is 17.4 Å². The molecule has 2 atom stereocenters. The molecule has 2 unspecified atom stereocenters. The van der Waals surface area contributed by atoms with E-state index in [4.69, 9.17) is 5.73 Å². The second-order valence-electron chi connectivity index (χ2n) is 7.86. The Morgan fingerprint density at radius 1 is 1.24 bits per heavy atom.